The van der Waals surface area contributed by atoms with Crippen LogP contribution in [0.25, 0.3) is 0 Å². The molecule has 1 rings (SSSR count). The van der Waals surface area contributed by atoms with Crippen molar-refractivity contribution in [2.45, 2.75) is 45.3 Å². The van der Waals surface area contributed by atoms with Gasteiger partial charge < -0.3 is 10.4 Å². The molecule has 82 valence electrons. The Morgan fingerprint density at radius 1 is 1.64 bits per heavy atom. The molecule has 1 heterocycles. The summed E-state index contributed by atoms with van der Waals surface area (Å²) >= 11 is 0. The zero-order valence-corrected chi connectivity index (χ0v) is 9.16. The summed E-state index contributed by atoms with van der Waals surface area (Å²) in [4.78, 5) is 13.8. The molecule has 0 radical (unpaired) electrons. The van der Waals surface area contributed by atoms with Crippen molar-refractivity contribution in [3.63, 3.8) is 0 Å². The number of hydrogen-bond acceptors (Lipinski definition) is 3. The third-order valence-corrected chi connectivity index (χ3v) is 2.64. The summed E-state index contributed by atoms with van der Waals surface area (Å²) < 4.78 is 0. The molecule has 4 heteroatoms. The van der Waals surface area contributed by atoms with Crippen molar-refractivity contribution in [1.29, 1.82) is 0 Å². The van der Waals surface area contributed by atoms with Crippen molar-refractivity contribution in [2.75, 3.05) is 13.2 Å². The van der Waals surface area contributed by atoms with E-state index in [0.717, 1.165) is 6.54 Å². The Morgan fingerprint density at radius 3 is 2.79 bits per heavy atom. The lowest BCUT2D eigenvalue weighted by Gasteiger charge is -2.40. The standard InChI is InChI=1S/C10H20N2O2/c1-7(2)12-6-8(3)11-10(14)9(12)4-5-13/h7-9,13H,4-6H2,1-3H3,(H,11,14). The molecule has 2 unspecified atom stereocenters. The Balaban J connectivity index is 2.70. The number of carbonyl (C=O) groups excluding carboxylic acids is 1. The highest BCUT2D eigenvalue weighted by Gasteiger charge is 2.33. The molecule has 2 atom stereocenters. The Bertz CT molecular complexity index is 206. The fourth-order valence-corrected chi connectivity index (χ4v) is 1.97. The average molecular weight is 200 g/mol. The van der Waals surface area contributed by atoms with Crippen LogP contribution in [0, 0.1) is 0 Å². The number of nitrogens with zero attached hydrogens (tertiary/aromatic N) is 1. The number of carbonyl (C=O) groups is 1. The van der Waals surface area contributed by atoms with E-state index in [1.54, 1.807) is 0 Å². The second-order valence-electron chi connectivity index (χ2n) is 4.23. The van der Waals surface area contributed by atoms with Gasteiger partial charge in [0.1, 0.15) is 0 Å². The van der Waals surface area contributed by atoms with E-state index in [1.165, 1.54) is 0 Å². The van der Waals surface area contributed by atoms with E-state index >= 15 is 0 Å². The first-order valence-electron chi connectivity index (χ1n) is 5.23. The lowest BCUT2D eigenvalue weighted by atomic mass is 10.0. The smallest absolute Gasteiger partial charge is 0.237 e. The molecule has 0 bridgehead atoms. The lowest BCUT2D eigenvalue weighted by molar-refractivity contribution is -0.132. The van der Waals surface area contributed by atoms with Gasteiger partial charge in [-0.3, -0.25) is 9.69 Å². The van der Waals surface area contributed by atoms with Crippen LogP contribution in [-0.4, -0.2) is 47.2 Å². The fraction of sp³-hybridized carbons (Fsp3) is 0.900. The van der Waals surface area contributed by atoms with Crippen LogP contribution in [0.15, 0.2) is 0 Å². The van der Waals surface area contributed by atoms with E-state index in [9.17, 15) is 4.79 Å². The van der Waals surface area contributed by atoms with Crippen LogP contribution in [0.4, 0.5) is 0 Å². The monoisotopic (exact) mass is 200 g/mol. The largest absolute Gasteiger partial charge is 0.396 e. The Kier molecular flexibility index (Phi) is 3.89. The van der Waals surface area contributed by atoms with Gasteiger partial charge in [0.2, 0.25) is 5.91 Å². The van der Waals surface area contributed by atoms with Crippen molar-refractivity contribution in [3.05, 3.63) is 0 Å². The molecule has 0 saturated carbocycles. The normalized spacial score (nSPS) is 29.4. The maximum atomic E-state index is 11.6. The predicted octanol–water partition coefficient (Wildman–Crippen LogP) is -0.0339. The summed E-state index contributed by atoms with van der Waals surface area (Å²) in [6.45, 7) is 7.09. The molecule has 1 aliphatic rings. The van der Waals surface area contributed by atoms with Crippen LogP contribution in [-0.2, 0) is 4.79 Å². The van der Waals surface area contributed by atoms with E-state index in [-0.39, 0.29) is 24.6 Å². The van der Waals surface area contributed by atoms with Gasteiger partial charge in [-0.05, 0) is 27.2 Å². The predicted molar refractivity (Wildman–Crippen MR) is 54.9 cm³/mol. The minimum Gasteiger partial charge on any atom is -0.396 e. The molecule has 1 saturated heterocycles. The maximum Gasteiger partial charge on any atom is 0.237 e. The average Bonchev–Trinajstić information content (AvgIpc) is 2.09. The van der Waals surface area contributed by atoms with E-state index in [4.69, 9.17) is 5.11 Å². The van der Waals surface area contributed by atoms with E-state index < -0.39 is 0 Å². The highest BCUT2D eigenvalue weighted by Crippen LogP contribution is 2.14. The Hall–Kier alpha value is -0.610. The van der Waals surface area contributed by atoms with Crippen molar-refractivity contribution in [1.82, 2.24) is 10.2 Å². The molecular weight excluding hydrogens is 180 g/mol. The molecule has 0 aromatic carbocycles. The van der Waals surface area contributed by atoms with Gasteiger partial charge in [-0.1, -0.05) is 0 Å². The fourth-order valence-electron chi connectivity index (χ4n) is 1.97. The molecular formula is C10H20N2O2. The number of hydrogen-bond donors (Lipinski definition) is 2. The zero-order chi connectivity index (χ0) is 10.7. The van der Waals surface area contributed by atoms with Crippen molar-refractivity contribution < 1.29 is 9.90 Å². The molecule has 1 amide bonds. The molecule has 1 fully saturated rings. The van der Waals surface area contributed by atoms with Gasteiger partial charge in [-0.2, -0.15) is 0 Å². The summed E-state index contributed by atoms with van der Waals surface area (Å²) in [6.07, 6.45) is 0.525. The zero-order valence-electron chi connectivity index (χ0n) is 9.16. The van der Waals surface area contributed by atoms with Gasteiger partial charge in [0, 0.05) is 25.2 Å². The van der Waals surface area contributed by atoms with E-state index in [0.29, 0.717) is 12.5 Å². The van der Waals surface area contributed by atoms with Gasteiger partial charge in [0.15, 0.2) is 0 Å². The topological polar surface area (TPSA) is 52.6 Å². The van der Waals surface area contributed by atoms with Crippen molar-refractivity contribution >= 4 is 5.91 Å². The molecule has 14 heavy (non-hydrogen) atoms. The van der Waals surface area contributed by atoms with Crippen LogP contribution in [0.1, 0.15) is 27.2 Å². The summed E-state index contributed by atoms with van der Waals surface area (Å²) in [6, 6.07) is 0.399. The van der Waals surface area contributed by atoms with Crippen LogP contribution >= 0.6 is 0 Å². The summed E-state index contributed by atoms with van der Waals surface area (Å²) in [5.41, 5.74) is 0. The highest BCUT2D eigenvalue weighted by molar-refractivity contribution is 5.82. The van der Waals surface area contributed by atoms with Gasteiger partial charge in [-0.25, -0.2) is 0 Å². The second-order valence-corrected chi connectivity index (χ2v) is 4.23. The van der Waals surface area contributed by atoms with Gasteiger partial charge >= 0.3 is 0 Å². The first kappa shape index (κ1) is 11.5. The summed E-state index contributed by atoms with van der Waals surface area (Å²) in [5, 5.41) is 11.8. The number of amides is 1. The van der Waals surface area contributed by atoms with Gasteiger partial charge in [0.05, 0.1) is 6.04 Å². The molecule has 4 nitrogen and oxygen atoms in total. The van der Waals surface area contributed by atoms with Crippen LogP contribution < -0.4 is 5.32 Å². The second kappa shape index (κ2) is 4.75. The Morgan fingerprint density at radius 2 is 2.29 bits per heavy atom. The highest BCUT2D eigenvalue weighted by atomic mass is 16.3. The number of piperazine rings is 1. The molecule has 1 aliphatic heterocycles. The number of nitrogens with one attached hydrogen (secondary N) is 1. The number of rotatable bonds is 3. The molecule has 0 aliphatic carbocycles. The number of aliphatic hydroxyl groups excluding tert-OH is 1. The molecule has 0 spiro atoms. The SMILES string of the molecule is CC1CN(C(C)C)C(CCO)C(=O)N1. The van der Waals surface area contributed by atoms with Gasteiger partial charge in [0.25, 0.3) is 0 Å². The van der Waals surface area contributed by atoms with Crippen molar-refractivity contribution in [3.8, 4) is 0 Å². The summed E-state index contributed by atoms with van der Waals surface area (Å²) in [7, 11) is 0. The molecule has 2 N–H and O–H groups in total. The minimum absolute atomic E-state index is 0.0477. The molecule has 0 aromatic heterocycles. The van der Waals surface area contributed by atoms with E-state index in [1.807, 2.05) is 6.92 Å². The quantitative estimate of drug-likeness (QED) is 0.672. The number of aliphatic hydroxyl groups is 1. The van der Waals surface area contributed by atoms with Crippen LogP contribution in [0.2, 0.25) is 0 Å². The van der Waals surface area contributed by atoms with E-state index in [2.05, 4.69) is 24.1 Å². The van der Waals surface area contributed by atoms with Gasteiger partial charge in [-0.15, -0.1) is 0 Å². The Labute approximate surface area is 85.3 Å². The maximum absolute atomic E-state index is 11.6. The summed E-state index contributed by atoms with van der Waals surface area (Å²) in [5.74, 6) is 0.0477. The first-order valence-corrected chi connectivity index (χ1v) is 5.23. The molecule has 0 aromatic rings. The van der Waals surface area contributed by atoms with Crippen LogP contribution in [0.3, 0.4) is 0 Å². The lowest BCUT2D eigenvalue weighted by Crippen LogP contribution is -2.61. The third-order valence-electron chi connectivity index (χ3n) is 2.64. The minimum atomic E-state index is -0.156. The first-order chi connectivity index (χ1) is 6.56. The third kappa shape index (κ3) is 2.45. The van der Waals surface area contributed by atoms with Crippen LogP contribution in [0.5, 0.6) is 0 Å². The van der Waals surface area contributed by atoms with Crippen molar-refractivity contribution in [2.24, 2.45) is 0 Å².